The van der Waals surface area contributed by atoms with Gasteiger partial charge in [0.05, 0.1) is 10.1 Å². The highest BCUT2D eigenvalue weighted by molar-refractivity contribution is 8.00. The van der Waals surface area contributed by atoms with Gasteiger partial charge in [0.2, 0.25) is 5.91 Å². The van der Waals surface area contributed by atoms with Crippen LogP contribution in [0.1, 0.15) is 36.5 Å². The van der Waals surface area contributed by atoms with Crippen molar-refractivity contribution in [3.8, 4) is 10.7 Å². The van der Waals surface area contributed by atoms with Crippen LogP contribution in [0.15, 0.2) is 46.9 Å². The number of thiophene rings is 1. The minimum atomic E-state index is -0.366. The number of imide groups is 1. The lowest BCUT2D eigenvalue weighted by Gasteiger charge is -2.22. The zero-order valence-electron chi connectivity index (χ0n) is 16.5. The Labute approximate surface area is 188 Å². The van der Waals surface area contributed by atoms with E-state index in [1.165, 1.54) is 16.7 Å². The number of likely N-dealkylation sites (tertiary alicyclic amines) is 1. The quantitative estimate of drug-likeness (QED) is 0.501. The molecule has 1 atom stereocenters. The molecule has 0 unspecified atom stereocenters. The molecule has 2 amide bonds. The summed E-state index contributed by atoms with van der Waals surface area (Å²) in [4.78, 5) is 28.7. The highest BCUT2D eigenvalue weighted by atomic mass is 35.5. The molecule has 30 heavy (non-hydrogen) atoms. The number of carbonyl (C=O) groups excluding carboxylic acids is 2. The number of hydrogen-bond donors (Lipinski definition) is 0. The van der Waals surface area contributed by atoms with Crippen molar-refractivity contribution in [1.29, 1.82) is 0 Å². The van der Waals surface area contributed by atoms with Gasteiger partial charge < -0.3 is 4.57 Å². The van der Waals surface area contributed by atoms with Crippen molar-refractivity contribution in [3.05, 3.63) is 52.4 Å². The van der Waals surface area contributed by atoms with Crippen molar-refractivity contribution in [2.45, 2.75) is 43.1 Å². The van der Waals surface area contributed by atoms with Crippen LogP contribution in [-0.4, -0.2) is 43.3 Å². The van der Waals surface area contributed by atoms with Gasteiger partial charge in [0.25, 0.3) is 5.91 Å². The van der Waals surface area contributed by atoms with Gasteiger partial charge in [0.1, 0.15) is 0 Å². The Morgan fingerprint density at radius 3 is 2.73 bits per heavy atom. The standard InChI is InChI=1S/C21H21ClN4O2S2/c1-2-25-18(16-7-5-13-29-16)23-24-21(25)30-17-6-3-4-12-26(20(17)28)19(27)14-8-10-15(22)11-9-14/h5,7-11,13,17H,2-4,6,12H2,1H3/t17-/m1/s1. The van der Waals surface area contributed by atoms with Crippen LogP contribution in [-0.2, 0) is 11.3 Å². The van der Waals surface area contributed by atoms with Crippen molar-refractivity contribution in [2.24, 2.45) is 0 Å². The molecule has 3 heterocycles. The van der Waals surface area contributed by atoms with Crippen LogP contribution in [0.3, 0.4) is 0 Å². The van der Waals surface area contributed by atoms with Gasteiger partial charge in [0, 0.05) is 23.7 Å². The van der Waals surface area contributed by atoms with Crippen LogP contribution in [0.25, 0.3) is 10.7 Å². The molecular formula is C21H21ClN4O2S2. The van der Waals surface area contributed by atoms with Gasteiger partial charge in [-0.1, -0.05) is 35.9 Å². The van der Waals surface area contributed by atoms with Crippen molar-refractivity contribution in [2.75, 3.05) is 6.54 Å². The molecule has 1 aliphatic heterocycles. The summed E-state index contributed by atoms with van der Waals surface area (Å²) in [5.74, 6) is 0.367. The summed E-state index contributed by atoms with van der Waals surface area (Å²) in [6.07, 6.45) is 2.38. The van der Waals surface area contributed by atoms with E-state index in [9.17, 15) is 9.59 Å². The highest BCUT2D eigenvalue weighted by Crippen LogP contribution is 2.33. The predicted molar refractivity (Wildman–Crippen MR) is 120 cm³/mol. The van der Waals surface area contributed by atoms with Crippen LogP contribution in [0, 0.1) is 0 Å². The SMILES string of the molecule is CCn1c(S[C@@H]2CCCCN(C(=O)c3ccc(Cl)cc3)C2=O)nnc1-c1cccs1. The number of benzene rings is 1. The fourth-order valence-corrected chi connectivity index (χ4v) is 5.48. The summed E-state index contributed by atoms with van der Waals surface area (Å²) in [5.41, 5.74) is 0.468. The smallest absolute Gasteiger partial charge is 0.260 e. The van der Waals surface area contributed by atoms with Gasteiger partial charge in [-0.05, 0) is 55.5 Å². The van der Waals surface area contributed by atoms with E-state index in [0.717, 1.165) is 23.5 Å². The van der Waals surface area contributed by atoms with E-state index in [2.05, 4.69) is 10.2 Å². The maximum absolute atomic E-state index is 13.3. The van der Waals surface area contributed by atoms with E-state index in [1.54, 1.807) is 35.6 Å². The van der Waals surface area contributed by atoms with Gasteiger partial charge >= 0.3 is 0 Å². The molecule has 0 radical (unpaired) electrons. The van der Waals surface area contributed by atoms with Crippen LogP contribution in [0.5, 0.6) is 0 Å². The van der Waals surface area contributed by atoms with E-state index in [-0.39, 0.29) is 17.1 Å². The molecule has 0 saturated carbocycles. The topological polar surface area (TPSA) is 68.1 Å². The van der Waals surface area contributed by atoms with E-state index in [0.29, 0.717) is 35.3 Å². The highest BCUT2D eigenvalue weighted by Gasteiger charge is 2.33. The monoisotopic (exact) mass is 460 g/mol. The zero-order chi connectivity index (χ0) is 21.1. The third-order valence-electron chi connectivity index (χ3n) is 5.00. The summed E-state index contributed by atoms with van der Waals surface area (Å²) >= 11 is 8.94. The predicted octanol–water partition coefficient (Wildman–Crippen LogP) is 4.99. The first kappa shape index (κ1) is 21.1. The molecule has 6 nitrogen and oxygen atoms in total. The van der Waals surface area contributed by atoms with E-state index < -0.39 is 0 Å². The van der Waals surface area contributed by atoms with E-state index in [1.807, 2.05) is 29.0 Å². The van der Waals surface area contributed by atoms with Gasteiger partial charge in [-0.25, -0.2) is 0 Å². The normalized spacial score (nSPS) is 17.2. The van der Waals surface area contributed by atoms with E-state index >= 15 is 0 Å². The number of amides is 2. The number of nitrogens with zero attached hydrogens (tertiary/aromatic N) is 4. The van der Waals surface area contributed by atoms with Crippen LogP contribution in [0.4, 0.5) is 0 Å². The van der Waals surface area contributed by atoms with Gasteiger partial charge in [0.15, 0.2) is 11.0 Å². The summed E-state index contributed by atoms with van der Waals surface area (Å²) in [6, 6.07) is 10.6. The Bertz CT molecular complexity index is 1030. The molecule has 1 aromatic carbocycles. The fraction of sp³-hybridized carbons (Fsp3) is 0.333. The number of aromatic nitrogens is 3. The van der Waals surface area contributed by atoms with Crippen molar-refractivity contribution >= 4 is 46.5 Å². The second kappa shape index (κ2) is 9.32. The Balaban J connectivity index is 1.56. The van der Waals surface area contributed by atoms with E-state index in [4.69, 9.17) is 11.6 Å². The molecule has 1 saturated heterocycles. The Morgan fingerprint density at radius 1 is 1.23 bits per heavy atom. The molecule has 1 fully saturated rings. The minimum absolute atomic E-state index is 0.166. The molecule has 3 aromatic rings. The molecular weight excluding hydrogens is 440 g/mol. The molecule has 4 rings (SSSR count). The Kier molecular flexibility index (Phi) is 6.55. The maximum atomic E-state index is 13.3. The summed E-state index contributed by atoms with van der Waals surface area (Å²) in [7, 11) is 0. The Hall–Kier alpha value is -2.16. The fourth-order valence-electron chi connectivity index (χ4n) is 3.44. The average Bonchev–Trinajstić information content (AvgIpc) is 3.38. The molecule has 0 spiro atoms. The Morgan fingerprint density at radius 2 is 2.03 bits per heavy atom. The lowest BCUT2D eigenvalue weighted by molar-refractivity contribution is -0.127. The molecule has 0 bridgehead atoms. The number of rotatable bonds is 5. The van der Waals surface area contributed by atoms with Gasteiger partial charge in [-0.15, -0.1) is 21.5 Å². The lowest BCUT2D eigenvalue weighted by Crippen LogP contribution is -2.41. The van der Waals surface area contributed by atoms with Crippen LogP contribution >= 0.6 is 34.7 Å². The largest absolute Gasteiger partial charge is 0.302 e. The molecule has 0 aliphatic carbocycles. The molecule has 1 aliphatic rings. The summed E-state index contributed by atoms with van der Waals surface area (Å²) < 4.78 is 2.03. The molecule has 156 valence electrons. The van der Waals surface area contributed by atoms with Crippen molar-refractivity contribution in [3.63, 3.8) is 0 Å². The number of hydrogen-bond acceptors (Lipinski definition) is 6. The molecule has 9 heteroatoms. The third-order valence-corrected chi connectivity index (χ3v) is 7.35. The van der Waals surface area contributed by atoms with Gasteiger partial charge in [-0.2, -0.15) is 0 Å². The van der Waals surface area contributed by atoms with Crippen molar-refractivity contribution in [1.82, 2.24) is 19.7 Å². The van der Waals surface area contributed by atoms with Crippen LogP contribution < -0.4 is 0 Å². The van der Waals surface area contributed by atoms with Gasteiger partial charge in [-0.3, -0.25) is 14.5 Å². The zero-order valence-corrected chi connectivity index (χ0v) is 18.8. The first-order valence-corrected chi connectivity index (χ1v) is 12.0. The number of thioether (sulfide) groups is 1. The number of carbonyl (C=O) groups is 2. The second-order valence-corrected chi connectivity index (χ2v) is 9.49. The molecule has 2 aromatic heterocycles. The lowest BCUT2D eigenvalue weighted by atomic mass is 10.2. The third kappa shape index (κ3) is 4.31. The average molecular weight is 461 g/mol. The number of halogens is 1. The van der Waals surface area contributed by atoms with Crippen molar-refractivity contribution < 1.29 is 9.59 Å². The first-order valence-electron chi connectivity index (χ1n) is 9.83. The molecule has 0 N–H and O–H groups in total. The summed E-state index contributed by atoms with van der Waals surface area (Å²) in [5, 5.41) is 11.6. The van der Waals surface area contributed by atoms with Crippen LogP contribution in [0.2, 0.25) is 5.02 Å². The first-order chi connectivity index (χ1) is 14.6. The maximum Gasteiger partial charge on any atom is 0.260 e. The summed E-state index contributed by atoms with van der Waals surface area (Å²) in [6.45, 7) is 3.17. The second-order valence-electron chi connectivity index (χ2n) is 6.93. The minimum Gasteiger partial charge on any atom is -0.302 e.